The van der Waals surface area contributed by atoms with Crippen LogP contribution in [0.5, 0.6) is 0 Å². The molecule has 0 spiro atoms. The molecule has 1 fully saturated rings. The van der Waals surface area contributed by atoms with E-state index in [1.807, 2.05) is 0 Å². The van der Waals surface area contributed by atoms with Crippen LogP contribution in [0.3, 0.4) is 0 Å². The molecule has 1 aliphatic carbocycles. The van der Waals surface area contributed by atoms with E-state index in [9.17, 15) is 18.0 Å². The molecule has 1 amide bonds. The maximum atomic E-state index is 13.3. The molecule has 0 atom stereocenters. The van der Waals surface area contributed by atoms with Gasteiger partial charge in [0.05, 0.1) is 5.41 Å². The van der Waals surface area contributed by atoms with Crippen LogP contribution in [0, 0.1) is 17.5 Å². The number of halogens is 3. The second-order valence-electron chi connectivity index (χ2n) is 3.69. The molecular formula is C10H8F3NO. The van der Waals surface area contributed by atoms with Crippen LogP contribution in [0.1, 0.15) is 18.4 Å². The van der Waals surface area contributed by atoms with Gasteiger partial charge < -0.3 is 5.73 Å². The first-order chi connectivity index (χ1) is 6.97. The molecule has 2 rings (SSSR count). The first-order valence-corrected chi connectivity index (χ1v) is 4.42. The number of carbonyl (C=O) groups excluding carboxylic acids is 1. The third-order valence-electron chi connectivity index (χ3n) is 2.71. The highest BCUT2D eigenvalue weighted by atomic mass is 19.1. The molecule has 0 unspecified atom stereocenters. The molecular weight excluding hydrogens is 207 g/mol. The average molecular weight is 215 g/mol. The minimum atomic E-state index is -1.26. The maximum Gasteiger partial charge on any atom is 0.228 e. The van der Waals surface area contributed by atoms with Crippen LogP contribution in [0.15, 0.2) is 12.1 Å². The Kier molecular flexibility index (Phi) is 1.99. The zero-order valence-corrected chi connectivity index (χ0v) is 7.69. The zero-order valence-electron chi connectivity index (χ0n) is 7.69. The number of primary amides is 1. The van der Waals surface area contributed by atoms with Crippen molar-refractivity contribution in [3.8, 4) is 0 Å². The van der Waals surface area contributed by atoms with Crippen molar-refractivity contribution in [3.05, 3.63) is 35.1 Å². The highest BCUT2D eigenvalue weighted by Gasteiger charge is 2.53. The molecule has 0 aliphatic heterocycles. The van der Waals surface area contributed by atoms with Gasteiger partial charge in [0.1, 0.15) is 17.5 Å². The SMILES string of the molecule is NC(=O)C1(c2c(F)cc(F)cc2F)CC1. The lowest BCUT2D eigenvalue weighted by atomic mass is 9.94. The summed E-state index contributed by atoms with van der Waals surface area (Å²) in [5.74, 6) is -3.88. The Balaban J connectivity index is 2.58. The number of rotatable bonds is 2. The molecule has 1 saturated carbocycles. The third kappa shape index (κ3) is 1.38. The maximum absolute atomic E-state index is 13.3. The second-order valence-corrected chi connectivity index (χ2v) is 3.69. The molecule has 1 aromatic rings. The van der Waals surface area contributed by atoms with E-state index in [-0.39, 0.29) is 0 Å². The summed E-state index contributed by atoms with van der Waals surface area (Å²) in [5, 5.41) is 0. The quantitative estimate of drug-likeness (QED) is 0.800. The minimum Gasteiger partial charge on any atom is -0.369 e. The third-order valence-corrected chi connectivity index (χ3v) is 2.71. The highest BCUT2D eigenvalue weighted by Crippen LogP contribution is 2.49. The van der Waals surface area contributed by atoms with E-state index in [0.29, 0.717) is 25.0 Å². The predicted octanol–water partition coefficient (Wildman–Crippen LogP) is 1.62. The van der Waals surface area contributed by atoms with E-state index in [1.54, 1.807) is 0 Å². The summed E-state index contributed by atoms with van der Waals surface area (Å²) >= 11 is 0. The van der Waals surface area contributed by atoms with Crippen LogP contribution in [0.25, 0.3) is 0 Å². The monoisotopic (exact) mass is 215 g/mol. The van der Waals surface area contributed by atoms with Crippen molar-refractivity contribution in [2.24, 2.45) is 5.73 Å². The average Bonchev–Trinajstić information content (AvgIpc) is 2.83. The molecule has 2 N–H and O–H groups in total. The molecule has 80 valence electrons. The normalized spacial score (nSPS) is 17.5. The number of carbonyl (C=O) groups is 1. The van der Waals surface area contributed by atoms with Crippen molar-refractivity contribution in [1.29, 1.82) is 0 Å². The van der Waals surface area contributed by atoms with Gasteiger partial charge in [-0.15, -0.1) is 0 Å². The number of hydrogen-bond donors (Lipinski definition) is 1. The van der Waals surface area contributed by atoms with Crippen LogP contribution in [-0.4, -0.2) is 5.91 Å². The highest BCUT2D eigenvalue weighted by molar-refractivity contribution is 5.90. The summed E-state index contributed by atoms with van der Waals surface area (Å²) in [6, 6.07) is 1.11. The second kappa shape index (κ2) is 2.98. The largest absolute Gasteiger partial charge is 0.369 e. The summed E-state index contributed by atoms with van der Waals surface area (Å²) in [4.78, 5) is 11.1. The van der Waals surface area contributed by atoms with E-state index in [4.69, 9.17) is 5.73 Å². The van der Waals surface area contributed by atoms with Gasteiger partial charge in [-0.05, 0) is 12.8 Å². The Morgan fingerprint density at radius 1 is 1.20 bits per heavy atom. The van der Waals surface area contributed by atoms with Gasteiger partial charge in [-0.1, -0.05) is 0 Å². The number of benzene rings is 1. The zero-order chi connectivity index (χ0) is 11.2. The van der Waals surface area contributed by atoms with Crippen molar-refractivity contribution < 1.29 is 18.0 Å². The smallest absolute Gasteiger partial charge is 0.228 e. The number of nitrogens with two attached hydrogens (primary N) is 1. The van der Waals surface area contributed by atoms with Gasteiger partial charge in [-0.2, -0.15) is 0 Å². The first-order valence-electron chi connectivity index (χ1n) is 4.42. The molecule has 15 heavy (non-hydrogen) atoms. The van der Waals surface area contributed by atoms with Gasteiger partial charge in [0.15, 0.2) is 0 Å². The van der Waals surface area contributed by atoms with Crippen LogP contribution < -0.4 is 5.73 Å². The van der Waals surface area contributed by atoms with Crippen LogP contribution in [0.2, 0.25) is 0 Å². The molecule has 2 nitrogen and oxygen atoms in total. The Bertz CT molecular complexity index is 417. The molecule has 0 bridgehead atoms. The summed E-state index contributed by atoms with van der Waals surface area (Å²) in [5.41, 5.74) is 3.41. The fourth-order valence-electron chi connectivity index (χ4n) is 1.74. The van der Waals surface area contributed by atoms with Gasteiger partial charge in [0.2, 0.25) is 5.91 Å². The Morgan fingerprint density at radius 3 is 2.00 bits per heavy atom. The van der Waals surface area contributed by atoms with Crippen LogP contribution in [-0.2, 0) is 10.2 Å². The van der Waals surface area contributed by atoms with Crippen molar-refractivity contribution in [2.45, 2.75) is 18.3 Å². The summed E-state index contributed by atoms with van der Waals surface area (Å²) in [6.45, 7) is 0. The van der Waals surface area contributed by atoms with Gasteiger partial charge in [-0.25, -0.2) is 13.2 Å². The van der Waals surface area contributed by atoms with Gasteiger partial charge >= 0.3 is 0 Å². The van der Waals surface area contributed by atoms with Gasteiger partial charge in [0.25, 0.3) is 0 Å². The fraction of sp³-hybridized carbons (Fsp3) is 0.300. The standard InChI is InChI=1S/C10H8F3NO/c11-5-3-6(12)8(7(13)4-5)10(1-2-10)9(14)15/h3-4H,1-2H2,(H2,14,15). The van der Waals surface area contributed by atoms with Crippen LogP contribution >= 0.6 is 0 Å². The van der Waals surface area contributed by atoms with E-state index < -0.39 is 34.3 Å². The predicted molar refractivity (Wildman–Crippen MR) is 46.4 cm³/mol. The Labute approximate surface area is 83.9 Å². The van der Waals surface area contributed by atoms with E-state index >= 15 is 0 Å². The molecule has 0 saturated heterocycles. The van der Waals surface area contributed by atoms with Crippen molar-refractivity contribution in [3.63, 3.8) is 0 Å². The summed E-state index contributed by atoms with van der Waals surface area (Å²) < 4.78 is 39.3. The Hall–Kier alpha value is -1.52. The summed E-state index contributed by atoms with van der Waals surface area (Å²) in [6.07, 6.45) is 0.615. The fourth-order valence-corrected chi connectivity index (χ4v) is 1.74. The molecule has 1 aliphatic rings. The lowest BCUT2D eigenvalue weighted by molar-refractivity contribution is -0.120. The molecule has 1 aromatic carbocycles. The lowest BCUT2D eigenvalue weighted by Crippen LogP contribution is -2.30. The van der Waals surface area contributed by atoms with Crippen molar-refractivity contribution in [2.75, 3.05) is 0 Å². The number of hydrogen-bond acceptors (Lipinski definition) is 1. The first kappa shape index (κ1) is 10.0. The van der Waals surface area contributed by atoms with E-state index in [1.165, 1.54) is 0 Å². The lowest BCUT2D eigenvalue weighted by Gasteiger charge is -2.13. The van der Waals surface area contributed by atoms with Gasteiger partial charge in [0, 0.05) is 17.7 Å². The van der Waals surface area contributed by atoms with Crippen molar-refractivity contribution >= 4 is 5.91 Å². The molecule has 5 heteroatoms. The molecule has 0 heterocycles. The van der Waals surface area contributed by atoms with Crippen LogP contribution in [0.4, 0.5) is 13.2 Å². The van der Waals surface area contributed by atoms with E-state index in [0.717, 1.165) is 0 Å². The van der Waals surface area contributed by atoms with E-state index in [2.05, 4.69) is 0 Å². The van der Waals surface area contributed by atoms with Crippen molar-refractivity contribution in [1.82, 2.24) is 0 Å². The number of amides is 1. The Morgan fingerprint density at radius 2 is 1.67 bits per heavy atom. The minimum absolute atomic E-state index is 0.307. The van der Waals surface area contributed by atoms with Gasteiger partial charge in [-0.3, -0.25) is 4.79 Å². The molecule has 0 radical (unpaired) electrons. The molecule has 0 aromatic heterocycles. The summed E-state index contributed by atoms with van der Waals surface area (Å²) in [7, 11) is 0. The topological polar surface area (TPSA) is 43.1 Å².